The zero-order valence-electron chi connectivity index (χ0n) is 8.59. The van der Waals surface area contributed by atoms with E-state index in [9.17, 15) is 5.11 Å². The first kappa shape index (κ1) is 10.6. The van der Waals surface area contributed by atoms with Gasteiger partial charge in [0.05, 0.1) is 7.11 Å². The van der Waals surface area contributed by atoms with E-state index >= 15 is 0 Å². The molecular weight excluding hydrogens is 214 g/mol. The first-order valence-electron chi connectivity index (χ1n) is 5.02. The van der Waals surface area contributed by atoms with Gasteiger partial charge in [-0.3, -0.25) is 0 Å². The van der Waals surface area contributed by atoms with Crippen LogP contribution in [0.2, 0.25) is 5.02 Å². The average Bonchev–Trinajstić information content (AvgIpc) is 2.71. The molecule has 1 atom stereocenters. The quantitative estimate of drug-likeness (QED) is 0.816. The number of aromatic hydroxyl groups is 1. The van der Waals surface area contributed by atoms with Crippen LogP contribution in [0, 0.1) is 0 Å². The Kier molecular flexibility index (Phi) is 3.03. The highest BCUT2D eigenvalue weighted by Crippen LogP contribution is 2.37. The molecule has 0 radical (unpaired) electrons. The molecule has 0 saturated carbocycles. The van der Waals surface area contributed by atoms with Crippen molar-refractivity contribution in [1.29, 1.82) is 0 Å². The standard InChI is InChI=1S/C11H14ClNO2/c1-15-11-5-7(8(12)6-10(11)14)9-3-2-4-13-9/h5-6,9,13-14H,2-4H2,1H3. The van der Waals surface area contributed by atoms with Crippen LogP contribution < -0.4 is 10.1 Å². The number of halogens is 1. The zero-order valence-corrected chi connectivity index (χ0v) is 9.34. The molecule has 2 N–H and O–H groups in total. The van der Waals surface area contributed by atoms with Crippen molar-refractivity contribution in [1.82, 2.24) is 5.32 Å². The van der Waals surface area contributed by atoms with Gasteiger partial charge in [0, 0.05) is 17.1 Å². The summed E-state index contributed by atoms with van der Waals surface area (Å²) in [5, 5.41) is 13.5. The smallest absolute Gasteiger partial charge is 0.160 e. The second-order valence-electron chi connectivity index (χ2n) is 3.69. The van der Waals surface area contributed by atoms with Crippen molar-refractivity contribution in [2.75, 3.05) is 13.7 Å². The Morgan fingerprint density at radius 2 is 2.33 bits per heavy atom. The minimum Gasteiger partial charge on any atom is -0.504 e. The van der Waals surface area contributed by atoms with E-state index in [1.54, 1.807) is 6.07 Å². The summed E-state index contributed by atoms with van der Waals surface area (Å²) < 4.78 is 5.06. The Bertz CT molecular complexity index is 362. The molecule has 0 bridgehead atoms. The van der Waals surface area contributed by atoms with Gasteiger partial charge in [-0.05, 0) is 31.0 Å². The number of ether oxygens (including phenoxy) is 1. The molecule has 3 nitrogen and oxygen atoms in total. The Morgan fingerprint density at radius 1 is 1.53 bits per heavy atom. The first-order valence-corrected chi connectivity index (χ1v) is 5.40. The molecule has 0 amide bonds. The molecule has 15 heavy (non-hydrogen) atoms. The van der Waals surface area contributed by atoms with Gasteiger partial charge < -0.3 is 15.2 Å². The lowest BCUT2D eigenvalue weighted by Crippen LogP contribution is -2.13. The number of benzene rings is 1. The Labute approximate surface area is 94.0 Å². The summed E-state index contributed by atoms with van der Waals surface area (Å²) in [5.74, 6) is 0.562. The molecule has 1 fully saturated rings. The predicted molar refractivity (Wildman–Crippen MR) is 59.6 cm³/mol. The van der Waals surface area contributed by atoms with Gasteiger partial charge in [0.2, 0.25) is 0 Å². The van der Waals surface area contributed by atoms with E-state index < -0.39 is 0 Å². The van der Waals surface area contributed by atoms with Crippen LogP contribution in [0.3, 0.4) is 0 Å². The number of phenols is 1. The Morgan fingerprint density at radius 3 is 2.93 bits per heavy atom. The fourth-order valence-corrected chi connectivity index (χ4v) is 2.23. The molecule has 1 saturated heterocycles. The lowest BCUT2D eigenvalue weighted by atomic mass is 10.0. The minimum absolute atomic E-state index is 0.0873. The number of hydrogen-bond acceptors (Lipinski definition) is 3. The normalized spacial score (nSPS) is 20.5. The summed E-state index contributed by atoms with van der Waals surface area (Å²) in [6.07, 6.45) is 2.23. The fourth-order valence-electron chi connectivity index (χ4n) is 1.94. The largest absolute Gasteiger partial charge is 0.504 e. The number of hydrogen-bond donors (Lipinski definition) is 2. The number of nitrogens with one attached hydrogen (secondary N) is 1. The highest BCUT2D eigenvalue weighted by Gasteiger charge is 2.20. The van der Waals surface area contributed by atoms with E-state index in [1.807, 2.05) is 0 Å². The van der Waals surface area contributed by atoms with Gasteiger partial charge >= 0.3 is 0 Å². The minimum atomic E-state index is 0.0873. The molecule has 2 rings (SSSR count). The van der Waals surface area contributed by atoms with Crippen LogP contribution in [-0.2, 0) is 0 Å². The molecule has 4 heteroatoms. The van der Waals surface area contributed by atoms with Crippen molar-refractivity contribution in [3.05, 3.63) is 22.7 Å². The molecule has 1 aliphatic heterocycles. The van der Waals surface area contributed by atoms with E-state index in [0.29, 0.717) is 10.8 Å². The zero-order chi connectivity index (χ0) is 10.8. The number of rotatable bonds is 2. The molecule has 1 aromatic carbocycles. The molecular formula is C11H14ClNO2. The third kappa shape index (κ3) is 2.03. The maximum absolute atomic E-state index is 9.53. The topological polar surface area (TPSA) is 41.5 Å². The third-order valence-corrected chi connectivity index (χ3v) is 3.06. The molecule has 1 aliphatic rings. The van der Waals surface area contributed by atoms with Gasteiger partial charge in [0.1, 0.15) is 0 Å². The maximum Gasteiger partial charge on any atom is 0.160 e. The van der Waals surface area contributed by atoms with E-state index in [2.05, 4.69) is 5.32 Å². The molecule has 82 valence electrons. The highest BCUT2D eigenvalue weighted by atomic mass is 35.5. The summed E-state index contributed by atoms with van der Waals surface area (Å²) in [6.45, 7) is 1.02. The van der Waals surface area contributed by atoms with E-state index in [-0.39, 0.29) is 11.8 Å². The van der Waals surface area contributed by atoms with Gasteiger partial charge in [0.15, 0.2) is 11.5 Å². The lowest BCUT2D eigenvalue weighted by Gasteiger charge is -2.14. The van der Waals surface area contributed by atoms with Crippen LogP contribution in [-0.4, -0.2) is 18.8 Å². The van der Waals surface area contributed by atoms with Crippen LogP contribution in [0.15, 0.2) is 12.1 Å². The fraction of sp³-hybridized carbons (Fsp3) is 0.455. The van der Waals surface area contributed by atoms with Crippen LogP contribution in [0.4, 0.5) is 0 Å². The summed E-state index contributed by atoms with van der Waals surface area (Å²) in [5.41, 5.74) is 1.00. The first-order chi connectivity index (χ1) is 7.22. The third-order valence-electron chi connectivity index (χ3n) is 2.73. The van der Waals surface area contributed by atoms with Crippen molar-refractivity contribution in [2.45, 2.75) is 18.9 Å². The highest BCUT2D eigenvalue weighted by molar-refractivity contribution is 6.31. The van der Waals surface area contributed by atoms with Crippen molar-refractivity contribution < 1.29 is 9.84 Å². The van der Waals surface area contributed by atoms with E-state index in [4.69, 9.17) is 16.3 Å². The Hall–Kier alpha value is -0.930. The van der Waals surface area contributed by atoms with Crippen molar-refractivity contribution >= 4 is 11.6 Å². The number of methoxy groups -OCH3 is 1. The van der Waals surface area contributed by atoms with Crippen molar-refractivity contribution in [3.8, 4) is 11.5 Å². The van der Waals surface area contributed by atoms with Gasteiger partial charge in [-0.2, -0.15) is 0 Å². The van der Waals surface area contributed by atoms with Gasteiger partial charge in [-0.25, -0.2) is 0 Å². The molecule has 0 aromatic heterocycles. The molecule has 0 aliphatic carbocycles. The second-order valence-corrected chi connectivity index (χ2v) is 4.10. The van der Waals surface area contributed by atoms with Gasteiger partial charge in [0.25, 0.3) is 0 Å². The van der Waals surface area contributed by atoms with Gasteiger partial charge in [-0.15, -0.1) is 0 Å². The number of phenolic OH excluding ortho intramolecular Hbond substituents is 1. The molecule has 1 aromatic rings. The monoisotopic (exact) mass is 227 g/mol. The average molecular weight is 228 g/mol. The molecule has 1 heterocycles. The molecule has 0 spiro atoms. The summed E-state index contributed by atoms with van der Waals surface area (Å²) >= 11 is 6.08. The lowest BCUT2D eigenvalue weighted by molar-refractivity contribution is 0.372. The maximum atomic E-state index is 9.53. The van der Waals surface area contributed by atoms with E-state index in [0.717, 1.165) is 24.9 Å². The van der Waals surface area contributed by atoms with Crippen LogP contribution in [0.25, 0.3) is 0 Å². The predicted octanol–water partition coefficient (Wildman–Crippen LogP) is 2.48. The van der Waals surface area contributed by atoms with E-state index in [1.165, 1.54) is 13.2 Å². The summed E-state index contributed by atoms with van der Waals surface area (Å²) in [4.78, 5) is 0. The van der Waals surface area contributed by atoms with Crippen LogP contribution in [0.5, 0.6) is 11.5 Å². The van der Waals surface area contributed by atoms with Gasteiger partial charge in [-0.1, -0.05) is 11.6 Å². The molecule has 1 unspecified atom stereocenters. The Balaban J connectivity index is 2.37. The second kappa shape index (κ2) is 4.29. The van der Waals surface area contributed by atoms with Crippen LogP contribution >= 0.6 is 11.6 Å². The SMILES string of the molecule is COc1cc(C2CCCN2)c(Cl)cc1O. The van der Waals surface area contributed by atoms with Crippen molar-refractivity contribution in [3.63, 3.8) is 0 Å². The summed E-state index contributed by atoms with van der Waals surface area (Å²) in [7, 11) is 1.54. The van der Waals surface area contributed by atoms with Crippen molar-refractivity contribution in [2.24, 2.45) is 0 Å². The van der Waals surface area contributed by atoms with Crippen LogP contribution in [0.1, 0.15) is 24.4 Å². The summed E-state index contributed by atoms with van der Waals surface area (Å²) in [6, 6.07) is 3.63.